The number of thiophene rings is 1. The molecule has 0 saturated carbocycles. The van der Waals surface area contributed by atoms with Crippen molar-refractivity contribution in [2.45, 2.75) is 25.8 Å². The summed E-state index contributed by atoms with van der Waals surface area (Å²) in [4.78, 5) is 1.56. The van der Waals surface area contributed by atoms with Crippen LogP contribution in [0.4, 0.5) is 13.2 Å². The van der Waals surface area contributed by atoms with Gasteiger partial charge >= 0.3 is 6.36 Å². The number of ether oxygens (including phenoxy) is 1. The molecule has 9 heteroatoms. The fourth-order valence-corrected chi connectivity index (χ4v) is 4.36. The second kappa shape index (κ2) is 8.27. The van der Waals surface area contributed by atoms with Crippen molar-refractivity contribution in [2.75, 3.05) is 0 Å². The highest BCUT2D eigenvalue weighted by atomic mass is 35.5. The van der Waals surface area contributed by atoms with Crippen molar-refractivity contribution >= 4 is 22.9 Å². The number of alkyl halides is 3. The van der Waals surface area contributed by atoms with Crippen LogP contribution in [0.1, 0.15) is 19.5 Å². The van der Waals surface area contributed by atoms with Crippen LogP contribution in [0.3, 0.4) is 0 Å². The number of benzene rings is 2. The molecule has 2 aromatic heterocycles. The van der Waals surface area contributed by atoms with Crippen molar-refractivity contribution in [3.63, 3.8) is 0 Å². The zero-order valence-corrected chi connectivity index (χ0v) is 18.6. The van der Waals surface area contributed by atoms with Gasteiger partial charge in [-0.2, -0.15) is 5.10 Å². The number of aliphatic hydroxyl groups is 1. The molecule has 0 aliphatic rings. The Morgan fingerprint density at radius 2 is 1.69 bits per heavy atom. The van der Waals surface area contributed by atoms with Gasteiger partial charge in [-0.25, -0.2) is 4.68 Å². The maximum Gasteiger partial charge on any atom is 0.573 e. The SMILES string of the molecule is CC(C)(O)c1cc(-c2ccc(-c3cccc(OC(F)(F)F)c3)s2)n(-c2ccccc2Cl)n1. The van der Waals surface area contributed by atoms with Crippen molar-refractivity contribution < 1.29 is 23.0 Å². The lowest BCUT2D eigenvalue weighted by atomic mass is 10.1. The minimum atomic E-state index is -4.76. The summed E-state index contributed by atoms with van der Waals surface area (Å²) >= 11 is 7.77. The Hall–Kier alpha value is -2.81. The molecule has 1 N–H and O–H groups in total. The Morgan fingerprint density at radius 3 is 2.38 bits per heavy atom. The average Bonchev–Trinajstić information content (AvgIpc) is 3.34. The van der Waals surface area contributed by atoms with E-state index in [1.807, 2.05) is 30.3 Å². The first-order chi connectivity index (χ1) is 15.0. The van der Waals surface area contributed by atoms with Gasteiger partial charge in [0.2, 0.25) is 0 Å². The lowest BCUT2D eigenvalue weighted by molar-refractivity contribution is -0.274. The summed E-state index contributed by atoms with van der Waals surface area (Å²) in [6.45, 7) is 3.28. The molecule has 0 aliphatic carbocycles. The molecule has 0 bridgehead atoms. The Bertz CT molecular complexity index is 1260. The highest BCUT2D eigenvalue weighted by Gasteiger charge is 2.31. The molecule has 2 aromatic carbocycles. The smallest absolute Gasteiger partial charge is 0.406 e. The van der Waals surface area contributed by atoms with Crippen molar-refractivity contribution in [2.24, 2.45) is 0 Å². The third-order valence-corrected chi connectivity index (χ3v) is 6.10. The van der Waals surface area contributed by atoms with E-state index in [1.54, 1.807) is 36.7 Å². The Kier molecular flexibility index (Phi) is 5.79. The molecule has 2 heterocycles. The quantitative estimate of drug-likeness (QED) is 0.334. The summed E-state index contributed by atoms with van der Waals surface area (Å²) in [5, 5.41) is 15.5. The van der Waals surface area contributed by atoms with Crippen molar-refractivity contribution in [3.05, 3.63) is 77.4 Å². The number of halogens is 4. The first kappa shape index (κ1) is 22.4. The predicted octanol–water partition coefficient (Wildman–Crippen LogP) is 7.05. The van der Waals surface area contributed by atoms with Crippen LogP contribution < -0.4 is 4.74 Å². The Morgan fingerprint density at radius 1 is 0.969 bits per heavy atom. The third-order valence-electron chi connectivity index (χ3n) is 4.63. The van der Waals surface area contributed by atoms with Crippen LogP contribution in [-0.4, -0.2) is 21.2 Å². The van der Waals surface area contributed by atoms with E-state index in [4.69, 9.17) is 11.6 Å². The van der Waals surface area contributed by atoms with E-state index in [-0.39, 0.29) is 5.75 Å². The van der Waals surface area contributed by atoms with Crippen molar-refractivity contribution in [3.8, 4) is 32.4 Å². The van der Waals surface area contributed by atoms with Crippen LogP contribution >= 0.6 is 22.9 Å². The van der Waals surface area contributed by atoms with Gasteiger partial charge in [-0.15, -0.1) is 24.5 Å². The number of nitrogens with zero attached hydrogens (tertiary/aromatic N) is 2. The van der Waals surface area contributed by atoms with Gasteiger partial charge in [-0.05, 0) is 61.9 Å². The van der Waals surface area contributed by atoms with Gasteiger partial charge in [0, 0.05) is 4.88 Å². The van der Waals surface area contributed by atoms with Gasteiger partial charge in [-0.1, -0.05) is 35.9 Å². The van der Waals surface area contributed by atoms with E-state index in [9.17, 15) is 18.3 Å². The maximum absolute atomic E-state index is 12.6. The maximum atomic E-state index is 12.6. The third kappa shape index (κ3) is 4.82. The van der Waals surface area contributed by atoms with Crippen LogP contribution in [0.15, 0.2) is 66.7 Å². The molecule has 0 aliphatic heterocycles. The fraction of sp³-hybridized carbons (Fsp3) is 0.174. The molecule has 0 amide bonds. The minimum absolute atomic E-state index is 0.282. The highest BCUT2D eigenvalue weighted by Crippen LogP contribution is 2.39. The number of rotatable bonds is 5. The predicted molar refractivity (Wildman–Crippen MR) is 119 cm³/mol. The van der Waals surface area contributed by atoms with Gasteiger partial charge in [0.1, 0.15) is 11.4 Å². The van der Waals surface area contributed by atoms with Crippen LogP contribution in [0, 0.1) is 0 Å². The van der Waals surface area contributed by atoms with Gasteiger partial charge < -0.3 is 9.84 Å². The molecule has 0 fully saturated rings. The van der Waals surface area contributed by atoms with E-state index in [2.05, 4.69) is 9.84 Å². The number of hydrogen-bond acceptors (Lipinski definition) is 4. The molecular formula is C23H18ClF3N2O2S. The first-order valence-electron chi connectivity index (χ1n) is 9.55. The topological polar surface area (TPSA) is 47.3 Å². The molecule has 4 aromatic rings. The number of aromatic nitrogens is 2. The highest BCUT2D eigenvalue weighted by molar-refractivity contribution is 7.18. The van der Waals surface area contributed by atoms with Crippen LogP contribution in [0.2, 0.25) is 5.02 Å². The molecule has 0 atom stereocenters. The summed E-state index contributed by atoms with van der Waals surface area (Å²) in [6, 6.07) is 18.5. The van der Waals surface area contributed by atoms with Gasteiger partial charge in [0.25, 0.3) is 0 Å². The summed E-state index contributed by atoms with van der Waals surface area (Å²) < 4.78 is 43.4. The second-order valence-corrected chi connectivity index (χ2v) is 9.07. The number of hydrogen-bond donors (Lipinski definition) is 1. The standard InChI is InChI=1S/C23H18ClF3N2O2S/c1-22(2,30)21-13-18(29(28-21)17-9-4-3-8-16(17)24)20-11-10-19(32-20)14-6-5-7-15(12-14)31-23(25,26)27/h3-13,30H,1-2H3. The Labute approximate surface area is 191 Å². The van der Waals surface area contributed by atoms with E-state index >= 15 is 0 Å². The fourth-order valence-electron chi connectivity index (χ4n) is 3.14. The summed E-state index contributed by atoms with van der Waals surface area (Å²) in [5.74, 6) is -0.282. The van der Waals surface area contributed by atoms with E-state index in [1.165, 1.54) is 29.5 Å². The molecular weight excluding hydrogens is 461 g/mol. The lowest BCUT2D eigenvalue weighted by Crippen LogP contribution is -2.17. The zero-order chi connectivity index (χ0) is 23.1. The number of para-hydroxylation sites is 1. The molecule has 0 saturated heterocycles. The van der Waals surface area contributed by atoms with E-state index in [0.717, 1.165) is 9.75 Å². The normalized spacial score (nSPS) is 12.2. The van der Waals surface area contributed by atoms with Crippen molar-refractivity contribution in [1.29, 1.82) is 0 Å². The Balaban J connectivity index is 1.77. The monoisotopic (exact) mass is 478 g/mol. The summed E-state index contributed by atoms with van der Waals surface area (Å²) in [6.07, 6.45) is -4.76. The largest absolute Gasteiger partial charge is 0.573 e. The second-order valence-electron chi connectivity index (χ2n) is 7.58. The molecule has 166 valence electrons. The minimum Gasteiger partial charge on any atom is -0.406 e. The van der Waals surface area contributed by atoms with Gasteiger partial charge in [-0.3, -0.25) is 0 Å². The lowest BCUT2D eigenvalue weighted by Gasteiger charge is -2.13. The van der Waals surface area contributed by atoms with E-state index < -0.39 is 12.0 Å². The van der Waals surface area contributed by atoms with Crippen LogP contribution in [0.25, 0.3) is 26.7 Å². The van der Waals surface area contributed by atoms with Crippen LogP contribution in [0.5, 0.6) is 5.75 Å². The van der Waals surface area contributed by atoms with Crippen molar-refractivity contribution in [1.82, 2.24) is 9.78 Å². The van der Waals surface area contributed by atoms with E-state index in [0.29, 0.717) is 27.7 Å². The average molecular weight is 479 g/mol. The van der Waals surface area contributed by atoms with Gasteiger partial charge in [0.05, 0.1) is 27.0 Å². The molecule has 0 radical (unpaired) electrons. The zero-order valence-electron chi connectivity index (χ0n) is 17.0. The summed E-state index contributed by atoms with van der Waals surface area (Å²) in [5.41, 5.74) is 1.23. The molecule has 0 unspecified atom stereocenters. The van der Waals surface area contributed by atoms with Crippen LogP contribution in [-0.2, 0) is 5.60 Å². The molecule has 32 heavy (non-hydrogen) atoms. The molecule has 4 rings (SSSR count). The molecule has 0 spiro atoms. The van der Waals surface area contributed by atoms with Gasteiger partial charge in [0.15, 0.2) is 0 Å². The first-order valence-corrected chi connectivity index (χ1v) is 10.7. The molecule has 4 nitrogen and oxygen atoms in total. The summed E-state index contributed by atoms with van der Waals surface area (Å²) in [7, 11) is 0.